The third-order valence-electron chi connectivity index (χ3n) is 2.12. The third-order valence-corrected chi connectivity index (χ3v) is 2.12. The molecule has 1 rings (SSSR count). The second kappa shape index (κ2) is 5.14. The highest BCUT2D eigenvalue weighted by Gasteiger charge is 2.22. The summed E-state index contributed by atoms with van der Waals surface area (Å²) in [5.41, 5.74) is 5.64. The minimum Gasteiger partial charge on any atom is -0.374 e. The lowest BCUT2D eigenvalue weighted by atomic mass is 10.0. The summed E-state index contributed by atoms with van der Waals surface area (Å²) in [6, 6.07) is 0.0557. The molecular weight excluding hydrogens is 166 g/mol. The van der Waals surface area contributed by atoms with Gasteiger partial charge in [0, 0.05) is 18.6 Å². The van der Waals surface area contributed by atoms with Gasteiger partial charge in [-0.2, -0.15) is 0 Å². The van der Waals surface area contributed by atoms with E-state index in [4.69, 9.17) is 10.5 Å². The largest absolute Gasteiger partial charge is 0.374 e. The molecule has 13 heavy (non-hydrogen) atoms. The molecule has 0 spiro atoms. The van der Waals surface area contributed by atoms with Gasteiger partial charge in [0.2, 0.25) is 0 Å². The van der Waals surface area contributed by atoms with Gasteiger partial charge in [-0.15, -0.1) is 0 Å². The Morgan fingerprint density at radius 2 is 2.38 bits per heavy atom. The van der Waals surface area contributed by atoms with Crippen LogP contribution in [-0.4, -0.2) is 25.0 Å². The molecule has 3 nitrogen and oxygen atoms in total. The van der Waals surface area contributed by atoms with Crippen molar-refractivity contribution in [2.24, 2.45) is 11.7 Å². The Morgan fingerprint density at radius 1 is 1.62 bits per heavy atom. The summed E-state index contributed by atoms with van der Waals surface area (Å²) in [4.78, 5) is 11.4. The lowest BCUT2D eigenvalue weighted by Gasteiger charge is -2.07. The van der Waals surface area contributed by atoms with Gasteiger partial charge in [0.15, 0.2) is 5.78 Å². The molecule has 2 N–H and O–H groups in total. The van der Waals surface area contributed by atoms with E-state index in [9.17, 15) is 4.79 Å². The highest BCUT2D eigenvalue weighted by atomic mass is 16.5. The fourth-order valence-corrected chi connectivity index (χ4v) is 1.39. The molecule has 0 fully saturated rings. The molecule has 0 aromatic heterocycles. The van der Waals surface area contributed by atoms with Gasteiger partial charge in [-0.3, -0.25) is 4.79 Å². The predicted octanol–water partition coefficient (Wildman–Crippen LogP) is 0.886. The number of rotatable bonds is 5. The normalized spacial score (nSPS) is 26.6. The zero-order chi connectivity index (χ0) is 9.68. The number of carbonyl (C=O) groups is 1. The van der Waals surface area contributed by atoms with Gasteiger partial charge < -0.3 is 10.5 Å². The van der Waals surface area contributed by atoms with Crippen molar-refractivity contribution in [3.63, 3.8) is 0 Å². The van der Waals surface area contributed by atoms with Gasteiger partial charge in [0.1, 0.15) is 6.61 Å². The second-order valence-electron chi connectivity index (χ2n) is 3.41. The Labute approximate surface area is 78.9 Å². The topological polar surface area (TPSA) is 52.3 Å². The predicted molar refractivity (Wildman–Crippen MR) is 51.3 cm³/mol. The van der Waals surface area contributed by atoms with Crippen molar-refractivity contribution < 1.29 is 9.53 Å². The second-order valence-corrected chi connectivity index (χ2v) is 3.41. The molecule has 0 saturated heterocycles. The molecule has 74 valence electrons. The van der Waals surface area contributed by atoms with Crippen LogP contribution in [0.5, 0.6) is 0 Å². The third kappa shape index (κ3) is 3.28. The van der Waals surface area contributed by atoms with Gasteiger partial charge in [-0.05, 0) is 12.8 Å². The SMILES string of the molecule is CCCOCC(=O)C1C=CC(N)C1. The van der Waals surface area contributed by atoms with Crippen LogP contribution in [0.2, 0.25) is 0 Å². The number of Topliss-reactive ketones (excluding diaryl/α,β-unsaturated/α-hetero) is 1. The van der Waals surface area contributed by atoms with E-state index in [2.05, 4.69) is 0 Å². The molecule has 0 radical (unpaired) electrons. The summed E-state index contributed by atoms with van der Waals surface area (Å²) in [6.45, 7) is 2.92. The Bertz CT molecular complexity index is 201. The van der Waals surface area contributed by atoms with Crippen LogP contribution >= 0.6 is 0 Å². The van der Waals surface area contributed by atoms with Crippen LogP contribution < -0.4 is 5.73 Å². The van der Waals surface area contributed by atoms with Crippen molar-refractivity contribution in [1.29, 1.82) is 0 Å². The summed E-state index contributed by atoms with van der Waals surface area (Å²) in [5, 5.41) is 0. The van der Waals surface area contributed by atoms with Gasteiger partial charge in [-0.25, -0.2) is 0 Å². The average Bonchev–Trinajstić information content (AvgIpc) is 2.52. The van der Waals surface area contributed by atoms with E-state index < -0.39 is 0 Å². The smallest absolute Gasteiger partial charge is 0.165 e. The molecule has 0 heterocycles. The monoisotopic (exact) mass is 183 g/mol. The maximum atomic E-state index is 11.4. The molecule has 0 aromatic carbocycles. The fourth-order valence-electron chi connectivity index (χ4n) is 1.39. The number of ether oxygens (including phenoxy) is 1. The summed E-state index contributed by atoms with van der Waals surface area (Å²) in [5.74, 6) is 0.143. The van der Waals surface area contributed by atoms with E-state index in [0.717, 1.165) is 12.8 Å². The number of carbonyl (C=O) groups excluding carboxylic acids is 1. The quantitative estimate of drug-likeness (QED) is 0.508. The first kappa shape index (κ1) is 10.4. The average molecular weight is 183 g/mol. The van der Waals surface area contributed by atoms with Gasteiger partial charge in [0.25, 0.3) is 0 Å². The zero-order valence-electron chi connectivity index (χ0n) is 8.03. The Kier molecular flexibility index (Phi) is 4.12. The van der Waals surface area contributed by atoms with Crippen LogP contribution in [0.4, 0.5) is 0 Å². The lowest BCUT2D eigenvalue weighted by molar-refractivity contribution is -0.126. The van der Waals surface area contributed by atoms with E-state index in [1.54, 1.807) is 0 Å². The van der Waals surface area contributed by atoms with Crippen molar-refractivity contribution in [1.82, 2.24) is 0 Å². The summed E-state index contributed by atoms with van der Waals surface area (Å²) >= 11 is 0. The number of allylic oxidation sites excluding steroid dienone is 1. The van der Waals surface area contributed by atoms with Gasteiger partial charge in [0.05, 0.1) is 0 Å². The number of ketones is 1. The molecule has 0 aliphatic heterocycles. The van der Waals surface area contributed by atoms with Gasteiger partial charge in [-0.1, -0.05) is 19.1 Å². The van der Waals surface area contributed by atoms with Crippen LogP contribution in [0.25, 0.3) is 0 Å². The Morgan fingerprint density at radius 3 is 2.92 bits per heavy atom. The molecule has 1 aliphatic carbocycles. The minimum atomic E-state index is -0.00754. The van der Waals surface area contributed by atoms with E-state index in [1.807, 2.05) is 19.1 Å². The molecule has 1 aliphatic rings. The molecule has 0 amide bonds. The van der Waals surface area contributed by atoms with Crippen LogP contribution in [0, 0.1) is 5.92 Å². The zero-order valence-corrected chi connectivity index (χ0v) is 8.03. The molecule has 0 aromatic rings. The molecule has 2 unspecified atom stereocenters. The van der Waals surface area contributed by atoms with Crippen LogP contribution in [0.3, 0.4) is 0 Å². The molecule has 3 heteroatoms. The van der Waals surface area contributed by atoms with Crippen LogP contribution in [-0.2, 0) is 9.53 Å². The first-order chi connectivity index (χ1) is 6.24. The van der Waals surface area contributed by atoms with E-state index in [0.29, 0.717) is 6.61 Å². The number of nitrogens with two attached hydrogens (primary N) is 1. The van der Waals surface area contributed by atoms with E-state index in [1.165, 1.54) is 0 Å². The van der Waals surface area contributed by atoms with Crippen molar-refractivity contribution >= 4 is 5.78 Å². The van der Waals surface area contributed by atoms with E-state index >= 15 is 0 Å². The van der Waals surface area contributed by atoms with E-state index in [-0.39, 0.29) is 24.3 Å². The van der Waals surface area contributed by atoms with Crippen molar-refractivity contribution in [3.8, 4) is 0 Å². The lowest BCUT2D eigenvalue weighted by Crippen LogP contribution is -2.22. The minimum absolute atomic E-state index is 0.00754. The first-order valence-electron chi connectivity index (χ1n) is 4.78. The van der Waals surface area contributed by atoms with Crippen LogP contribution in [0.1, 0.15) is 19.8 Å². The maximum Gasteiger partial charge on any atom is 0.165 e. The standard InChI is InChI=1S/C10H17NO2/c1-2-5-13-7-10(12)8-3-4-9(11)6-8/h3-4,8-9H,2,5-7,11H2,1H3. The van der Waals surface area contributed by atoms with Crippen LogP contribution in [0.15, 0.2) is 12.2 Å². The van der Waals surface area contributed by atoms with Crippen molar-refractivity contribution in [3.05, 3.63) is 12.2 Å². The fraction of sp³-hybridized carbons (Fsp3) is 0.700. The number of hydrogen-bond donors (Lipinski definition) is 1. The molecule has 0 saturated carbocycles. The number of hydrogen-bond acceptors (Lipinski definition) is 3. The highest BCUT2D eigenvalue weighted by Crippen LogP contribution is 2.17. The highest BCUT2D eigenvalue weighted by molar-refractivity contribution is 5.84. The molecular formula is C10H17NO2. The Balaban J connectivity index is 2.21. The van der Waals surface area contributed by atoms with Gasteiger partial charge >= 0.3 is 0 Å². The molecule has 2 atom stereocenters. The maximum absolute atomic E-state index is 11.4. The summed E-state index contributed by atoms with van der Waals surface area (Å²) in [6.07, 6.45) is 5.48. The van der Waals surface area contributed by atoms with Crippen molar-refractivity contribution in [2.75, 3.05) is 13.2 Å². The first-order valence-corrected chi connectivity index (χ1v) is 4.78. The summed E-state index contributed by atoms with van der Waals surface area (Å²) < 4.78 is 5.17. The summed E-state index contributed by atoms with van der Waals surface area (Å²) in [7, 11) is 0. The Hall–Kier alpha value is -0.670. The molecule has 0 bridgehead atoms. The van der Waals surface area contributed by atoms with Crippen molar-refractivity contribution in [2.45, 2.75) is 25.8 Å².